The number of rotatable bonds is 4. The summed E-state index contributed by atoms with van der Waals surface area (Å²) in [6.07, 6.45) is 3.59. The summed E-state index contributed by atoms with van der Waals surface area (Å²) >= 11 is 6.11. The molecule has 0 spiro atoms. The van der Waals surface area contributed by atoms with E-state index in [9.17, 15) is 4.79 Å². The Hall–Kier alpha value is -1.87. The molecule has 0 aliphatic rings. The van der Waals surface area contributed by atoms with E-state index in [0.29, 0.717) is 10.6 Å². The van der Waals surface area contributed by atoms with Crippen LogP contribution in [-0.4, -0.2) is 17.8 Å². The molecule has 0 fully saturated rings. The van der Waals surface area contributed by atoms with E-state index in [1.165, 1.54) is 6.92 Å². The van der Waals surface area contributed by atoms with Crippen molar-refractivity contribution >= 4 is 23.1 Å². The van der Waals surface area contributed by atoms with Crippen LogP contribution in [0, 0.1) is 0 Å². The molecular weight excluding hydrogens is 260 g/mol. The van der Waals surface area contributed by atoms with Crippen molar-refractivity contribution in [1.29, 1.82) is 0 Å². The van der Waals surface area contributed by atoms with Gasteiger partial charge < -0.3 is 4.90 Å². The molecular formula is C15H15ClN2O. The predicted molar refractivity (Wildman–Crippen MR) is 77.8 cm³/mol. The Morgan fingerprint density at radius 1 is 1.37 bits per heavy atom. The fourth-order valence-electron chi connectivity index (χ4n) is 1.88. The van der Waals surface area contributed by atoms with Crippen LogP contribution >= 0.6 is 11.6 Å². The quantitative estimate of drug-likeness (QED) is 0.799. The monoisotopic (exact) mass is 274 g/mol. The lowest BCUT2D eigenvalue weighted by atomic mass is 10.1. The molecule has 0 N–H and O–H groups in total. The minimum atomic E-state index is -0.0218. The molecule has 1 heterocycles. The van der Waals surface area contributed by atoms with Crippen molar-refractivity contribution in [3.05, 3.63) is 58.9 Å². The number of halogens is 1. The van der Waals surface area contributed by atoms with Crippen molar-refractivity contribution in [2.24, 2.45) is 0 Å². The predicted octanol–water partition coefficient (Wildman–Crippen LogP) is 3.57. The number of carbonyl (C=O) groups excluding carboxylic acids is 1. The summed E-state index contributed by atoms with van der Waals surface area (Å²) in [6, 6.07) is 9.41. The molecule has 1 aromatic carbocycles. The molecule has 0 unspecified atom stereocenters. The first-order valence-corrected chi connectivity index (χ1v) is 6.36. The number of hydrogen-bond donors (Lipinski definition) is 0. The van der Waals surface area contributed by atoms with Crippen LogP contribution in [0.2, 0.25) is 5.02 Å². The minimum Gasteiger partial charge on any atom is -0.370 e. The van der Waals surface area contributed by atoms with E-state index in [1.807, 2.05) is 37.5 Å². The molecule has 0 saturated heterocycles. The summed E-state index contributed by atoms with van der Waals surface area (Å²) in [7, 11) is 1.98. The lowest BCUT2D eigenvalue weighted by Gasteiger charge is -2.20. The van der Waals surface area contributed by atoms with E-state index in [0.717, 1.165) is 17.8 Å². The normalized spacial score (nSPS) is 10.3. The lowest BCUT2D eigenvalue weighted by molar-refractivity contribution is 0.101. The minimum absolute atomic E-state index is 0.0218. The lowest BCUT2D eigenvalue weighted by Crippen LogP contribution is -2.16. The highest BCUT2D eigenvalue weighted by molar-refractivity contribution is 6.34. The number of benzene rings is 1. The van der Waals surface area contributed by atoms with E-state index in [1.54, 1.807) is 12.3 Å². The zero-order valence-corrected chi connectivity index (χ0v) is 11.7. The number of ketones is 1. The first-order chi connectivity index (χ1) is 9.08. The molecule has 0 amide bonds. The Balaban J connectivity index is 2.18. The molecule has 0 saturated carbocycles. The first kappa shape index (κ1) is 13.6. The van der Waals surface area contributed by atoms with Crippen LogP contribution in [0.4, 0.5) is 5.69 Å². The highest BCUT2D eigenvalue weighted by Crippen LogP contribution is 2.24. The second-order valence-electron chi connectivity index (χ2n) is 4.44. The third-order valence-electron chi connectivity index (χ3n) is 2.92. The molecule has 0 aliphatic carbocycles. The van der Waals surface area contributed by atoms with Crippen molar-refractivity contribution < 1.29 is 4.79 Å². The number of hydrogen-bond acceptors (Lipinski definition) is 3. The Kier molecular flexibility index (Phi) is 4.17. The molecule has 2 aromatic rings. The summed E-state index contributed by atoms with van der Waals surface area (Å²) in [5, 5.41) is 0.489. The van der Waals surface area contributed by atoms with Crippen LogP contribution < -0.4 is 4.90 Å². The van der Waals surface area contributed by atoms with Gasteiger partial charge in [-0.15, -0.1) is 0 Å². The van der Waals surface area contributed by atoms with E-state index in [4.69, 9.17) is 11.6 Å². The van der Waals surface area contributed by atoms with Gasteiger partial charge in [0.05, 0.1) is 5.02 Å². The van der Waals surface area contributed by atoms with Gasteiger partial charge in [0.1, 0.15) is 0 Å². The van der Waals surface area contributed by atoms with Crippen LogP contribution in [0.25, 0.3) is 0 Å². The largest absolute Gasteiger partial charge is 0.370 e. The third-order valence-corrected chi connectivity index (χ3v) is 3.23. The maximum absolute atomic E-state index is 11.3. The second kappa shape index (κ2) is 5.85. The summed E-state index contributed by atoms with van der Waals surface area (Å²) < 4.78 is 0. The van der Waals surface area contributed by atoms with Gasteiger partial charge in [0.2, 0.25) is 0 Å². The number of nitrogens with zero attached hydrogens (tertiary/aromatic N) is 2. The first-order valence-electron chi connectivity index (χ1n) is 5.98. The van der Waals surface area contributed by atoms with Crippen LogP contribution in [-0.2, 0) is 6.54 Å². The van der Waals surface area contributed by atoms with Crippen LogP contribution in [0.3, 0.4) is 0 Å². The van der Waals surface area contributed by atoms with Gasteiger partial charge in [0.25, 0.3) is 0 Å². The molecule has 0 bridgehead atoms. The molecule has 0 atom stereocenters. The topological polar surface area (TPSA) is 33.2 Å². The Morgan fingerprint density at radius 2 is 2.16 bits per heavy atom. The highest BCUT2D eigenvalue weighted by atomic mass is 35.5. The average molecular weight is 275 g/mol. The molecule has 0 radical (unpaired) electrons. The van der Waals surface area contributed by atoms with Crippen molar-refractivity contribution in [3.8, 4) is 0 Å². The van der Waals surface area contributed by atoms with Gasteiger partial charge in [-0.05, 0) is 36.8 Å². The molecule has 3 nitrogen and oxygen atoms in total. The Bertz CT molecular complexity index is 584. The zero-order chi connectivity index (χ0) is 13.8. The number of anilines is 1. The van der Waals surface area contributed by atoms with Crippen molar-refractivity contribution in [2.75, 3.05) is 11.9 Å². The maximum Gasteiger partial charge on any atom is 0.161 e. The Morgan fingerprint density at radius 3 is 2.74 bits per heavy atom. The summed E-state index contributed by atoms with van der Waals surface area (Å²) in [6.45, 7) is 2.25. The standard InChI is InChI=1S/C15H15ClN2O/c1-11(19)14-6-5-13(8-15(14)16)18(2)10-12-4-3-7-17-9-12/h3-9H,10H2,1-2H3. The van der Waals surface area contributed by atoms with E-state index in [2.05, 4.69) is 9.88 Å². The van der Waals surface area contributed by atoms with Crippen molar-refractivity contribution in [2.45, 2.75) is 13.5 Å². The van der Waals surface area contributed by atoms with Crippen LogP contribution in [0.1, 0.15) is 22.8 Å². The van der Waals surface area contributed by atoms with Gasteiger partial charge in [-0.2, -0.15) is 0 Å². The van der Waals surface area contributed by atoms with Gasteiger partial charge in [-0.1, -0.05) is 17.7 Å². The molecule has 19 heavy (non-hydrogen) atoms. The molecule has 4 heteroatoms. The van der Waals surface area contributed by atoms with Gasteiger partial charge in [0.15, 0.2) is 5.78 Å². The fraction of sp³-hybridized carbons (Fsp3) is 0.200. The van der Waals surface area contributed by atoms with Crippen molar-refractivity contribution in [1.82, 2.24) is 4.98 Å². The van der Waals surface area contributed by atoms with E-state index in [-0.39, 0.29) is 5.78 Å². The fourth-order valence-corrected chi connectivity index (χ4v) is 2.19. The summed E-state index contributed by atoms with van der Waals surface area (Å²) in [4.78, 5) is 17.5. The molecule has 1 aromatic heterocycles. The van der Waals surface area contributed by atoms with Crippen LogP contribution in [0.15, 0.2) is 42.7 Å². The van der Waals surface area contributed by atoms with Gasteiger partial charge >= 0.3 is 0 Å². The summed E-state index contributed by atoms with van der Waals surface area (Å²) in [5.41, 5.74) is 2.65. The highest BCUT2D eigenvalue weighted by Gasteiger charge is 2.08. The van der Waals surface area contributed by atoms with Crippen molar-refractivity contribution in [3.63, 3.8) is 0 Å². The number of pyridine rings is 1. The number of Topliss-reactive ketones (excluding diaryl/α,β-unsaturated/α-hetero) is 1. The SMILES string of the molecule is CC(=O)c1ccc(N(C)Cc2cccnc2)cc1Cl. The third kappa shape index (κ3) is 3.32. The van der Waals surface area contributed by atoms with Gasteiger partial charge in [0, 0.05) is 37.2 Å². The molecule has 2 rings (SSSR count). The average Bonchev–Trinajstić information content (AvgIpc) is 2.39. The van der Waals surface area contributed by atoms with Crippen LogP contribution in [0.5, 0.6) is 0 Å². The zero-order valence-electron chi connectivity index (χ0n) is 10.9. The molecule has 98 valence electrons. The van der Waals surface area contributed by atoms with Gasteiger partial charge in [-0.25, -0.2) is 0 Å². The number of aromatic nitrogens is 1. The maximum atomic E-state index is 11.3. The second-order valence-corrected chi connectivity index (χ2v) is 4.84. The Labute approximate surface area is 117 Å². The van der Waals surface area contributed by atoms with E-state index < -0.39 is 0 Å². The number of carbonyl (C=O) groups is 1. The molecule has 0 aliphatic heterocycles. The van der Waals surface area contributed by atoms with E-state index >= 15 is 0 Å². The smallest absolute Gasteiger partial charge is 0.161 e. The van der Waals surface area contributed by atoms with Gasteiger partial charge in [-0.3, -0.25) is 9.78 Å². The summed E-state index contributed by atoms with van der Waals surface area (Å²) in [5.74, 6) is -0.0218.